The SMILES string of the molecule is CC1(C)CCC(C)(C)c2cc(N(c3ccccc3)c3ccc(-c4ccc(-c5ccc(N(c6ccccc6)c6cccc(-c7ccccc7)c6)cc5)cc4)cc3)ccc21. The van der Waals surface area contributed by atoms with Gasteiger partial charge in [-0.3, -0.25) is 0 Å². The molecule has 0 aliphatic heterocycles. The maximum atomic E-state index is 2.45. The number of para-hydroxylation sites is 2. The topological polar surface area (TPSA) is 6.48 Å². The first-order valence-electron chi connectivity index (χ1n) is 20.6. The van der Waals surface area contributed by atoms with E-state index >= 15 is 0 Å². The van der Waals surface area contributed by atoms with Crippen LogP contribution in [0, 0.1) is 0 Å². The van der Waals surface area contributed by atoms with Crippen LogP contribution >= 0.6 is 0 Å². The van der Waals surface area contributed by atoms with Crippen molar-refractivity contribution in [3.63, 3.8) is 0 Å². The molecule has 0 atom stereocenters. The molecule has 8 aromatic carbocycles. The maximum Gasteiger partial charge on any atom is 0.0467 e. The number of fused-ring (bicyclic) bond motifs is 1. The zero-order valence-corrected chi connectivity index (χ0v) is 33.9. The van der Waals surface area contributed by atoms with Crippen LogP contribution in [-0.2, 0) is 10.8 Å². The standard InChI is InChI=1S/C56H50N2/c1-55(2)37-38-56(3,4)54-40-52(35-36-53(54)55)58(48-20-12-7-13-21-48)50-33-29-45(30-34-50)43-25-23-42(24-26-43)44-27-31-49(32-28-44)57(47-18-10-6-11-19-47)51-22-14-17-46(39-51)41-15-8-5-9-16-41/h5-36,39-40H,37-38H2,1-4H3. The lowest BCUT2D eigenvalue weighted by atomic mass is 9.63. The van der Waals surface area contributed by atoms with Crippen LogP contribution in [0.15, 0.2) is 206 Å². The lowest BCUT2D eigenvalue weighted by Crippen LogP contribution is -2.34. The predicted molar refractivity (Wildman–Crippen MR) is 247 cm³/mol. The highest BCUT2D eigenvalue weighted by molar-refractivity contribution is 5.82. The van der Waals surface area contributed by atoms with Crippen LogP contribution in [0.3, 0.4) is 0 Å². The Morgan fingerprint density at radius 1 is 0.276 bits per heavy atom. The summed E-state index contributed by atoms with van der Waals surface area (Å²) in [5.41, 5.74) is 17.3. The highest BCUT2D eigenvalue weighted by atomic mass is 15.1. The van der Waals surface area contributed by atoms with Crippen LogP contribution in [-0.4, -0.2) is 0 Å². The first kappa shape index (κ1) is 37.0. The summed E-state index contributed by atoms with van der Waals surface area (Å²) >= 11 is 0. The van der Waals surface area contributed by atoms with Gasteiger partial charge in [0.15, 0.2) is 0 Å². The molecule has 0 saturated carbocycles. The number of rotatable bonds is 9. The van der Waals surface area contributed by atoms with E-state index in [9.17, 15) is 0 Å². The minimum absolute atomic E-state index is 0.138. The Morgan fingerprint density at radius 2 is 0.603 bits per heavy atom. The monoisotopic (exact) mass is 750 g/mol. The number of benzene rings is 8. The van der Waals surface area contributed by atoms with Crippen molar-refractivity contribution < 1.29 is 0 Å². The van der Waals surface area contributed by atoms with Crippen molar-refractivity contribution >= 4 is 34.1 Å². The van der Waals surface area contributed by atoms with E-state index < -0.39 is 0 Å². The molecule has 0 unspecified atom stereocenters. The lowest BCUT2D eigenvalue weighted by molar-refractivity contribution is 0.332. The average Bonchev–Trinajstić information content (AvgIpc) is 3.27. The van der Waals surface area contributed by atoms with E-state index in [0.717, 1.165) is 28.4 Å². The molecular formula is C56H50N2. The summed E-state index contributed by atoms with van der Waals surface area (Å²) in [6.07, 6.45) is 2.40. The Bertz CT molecular complexity index is 2630. The van der Waals surface area contributed by atoms with Gasteiger partial charge in [-0.05, 0) is 141 Å². The van der Waals surface area contributed by atoms with Gasteiger partial charge in [0.1, 0.15) is 0 Å². The van der Waals surface area contributed by atoms with E-state index in [1.807, 2.05) is 0 Å². The van der Waals surface area contributed by atoms with Crippen molar-refractivity contribution in [2.24, 2.45) is 0 Å². The first-order chi connectivity index (χ1) is 28.2. The summed E-state index contributed by atoms with van der Waals surface area (Å²) in [5.74, 6) is 0. The number of hydrogen-bond donors (Lipinski definition) is 0. The Labute approximate surface area is 344 Å². The zero-order valence-electron chi connectivity index (χ0n) is 33.9. The summed E-state index contributed by atoms with van der Waals surface area (Å²) in [7, 11) is 0. The fourth-order valence-corrected chi connectivity index (χ4v) is 8.68. The molecule has 0 N–H and O–H groups in total. The van der Waals surface area contributed by atoms with Crippen molar-refractivity contribution in [1.29, 1.82) is 0 Å². The Balaban J connectivity index is 0.978. The second kappa shape index (κ2) is 15.4. The number of anilines is 6. The van der Waals surface area contributed by atoms with Crippen molar-refractivity contribution in [2.75, 3.05) is 9.80 Å². The van der Waals surface area contributed by atoms with Crippen molar-refractivity contribution in [2.45, 2.75) is 51.4 Å². The van der Waals surface area contributed by atoms with Crippen molar-refractivity contribution in [3.8, 4) is 33.4 Å². The first-order valence-corrected chi connectivity index (χ1v) is 20.6. The summed E-state index contributed by atoms with van der Waals surface area (Å²) in [6.45, 7) is 9.59. The van der Waals surface area contributed by atoms with E-state index in [2.05, 4.69) is 244 Å². The molecule has 0 saturated heterocycles. The molecule has 0 heterocycles. The normalized spacial score (nSPS) is 14.0. The highest BCUT2D eigenvalue weighted by Crippen LogP contribution is 2.48. The van der Waals surface area contributed by atoms with Crippen LogP contribution in [0.2, 0.25) is 0 Å². The van der Waals surface area contributed by atoms with Crippen LogP contribution in [0.4, 0.5) is 34.1 Å². The third kappa shape index (κ3) is 7.35. The summed E-state index contributed by atoms with van der Waals surface area (Å²) in [6, 6.07) is 74.8. The van der Waals surface area contributed by atoms with E-state index in [1.54, 1.807) is 0 Å². The van der Waals surface area contributed by atoms with Gasteiger partial charge in [0.25, 0.3) is 0 Å². The number of hydrogen-bond acceptors (Lipinski definition) is 2. The summed E-state index contributed by atoms with van der Waals surface area (Å²) in [5, 5.41) is 0. The quantitative estimate of drug-likeness (QED) is 0.145. The van der Waals surface area contributed by atoms with Crippen LogP contribution in [0.1, 0.15) is 51.7 Å². The maximum absolute atomic E-state index is 2.45. The second-order valence-corrected chi connectivity index (χ2v) is 16.9. The largest absolute Gasteiger partial charge is 0.310 e. The Hall–Kier alpha value is -6.64. The molecule has 1 aliphatic rings. The number of nitrogens with zero attached hydrogens (tertiary/aromatic N) is 2. The van der Waals surface area contributed by atoms with Crippen LogP contribution in [0.5, 0.6) is 0 Å². The van der Waals surface area contributed by atoms with Gasteiger partial charge in [0.2, 0.25) is 0 Å². The molecule has 9 rings (SSSR count). The molecule has 0 fully saturated rings. The molecule has 2 nitrogen and oxygen atoms in total. The van der Waals surface area contributed by atoms with Gasteiger partial charge in [-0.25, -0.2) is 0 Å². The molecule has 0 bridgehead atoms. The van der Waals surface area contributed by atoms with Gasteiger partial charge in [-0.1, -0.05) is 161 Å². The van der Waals surface area contributed by atoms with Gasteiger partial charge in [0.05, 0.1) is 0 Å². The molecule has 8 aromatic rings. The molecule has 0 spiro atoms. The smallest absolute Gasteiger partial charge is 0.0467 e. The molecule has 0 amide bonds. The molecule has 2 heteroatoms. The fraction of sp³-hybridized carbons (Fsp3) is 0.143. The minimum Gasteiger partial charge on any atom is -0.310 e. The van der Waals surface area contributed by atoms with Gasteiger partial charge in [-0.15, -0.1) is 0 Å². The van der Waals surface area contributed by atoms with E-state index in [1.165, 1.54) is 63.0 Å². The van der Waals surface area contributed by atoms with Gasteiger partial charge < -0.3 is 9.80 Å². The predicted octanol–water partition coefficient (Wildman–Crippen LogP) is 16.0. The summed E-state index contributed by atoms with van der Waals surface area (Å²) in [4.78, 5) is 4.72. The highest BCUT2D eigenvalue weighted by Gasteiger charge is 2.37. The Kier molecular flexibility index (Phi) is 9.79. The van der Waals surface area contributed by atoms with Crippen molar-refractivity contribution in [1.82, 2.24) is 0 Å². The lowest BCUT2D eigenvalue weighted by Gasteiger charge is -2.42. The average molecular weight is 751 g/mol. The molecular weight excluding hydrogens is 701 g/mol. The molecule has 0 radical (unpaired) electrons. The van der Waals surface area contributed by atoms with Crippen LogP contribution in [0.25, 0.3) is 33.4 Å². The van der Waals surface area contributed by atoms with Gasteiger partial charge >= 0.3 is 0 Å². The van der Waals surface area contributed by atoms with Gasteiger partial charge in [-0.2, -0.15) is 0 Å². The zero-order chi connectivity index (χ0) is 39.7. The third-order valence-electron chi connectivity index (χ3n) is 12.1. The van der Waals surface area contributed by atoms with Crippen molar-refractivity contribution in [3.05, 3.63) is 217 Å². The fourth-order valence-electron chi connectivity index (χ4n) is 8.68. The van der Waals surface area contributed by atoms with Crippen LogP contribution < -0.4 is 9.80 Å². The van der Waals surface area contributed by atoms with E-state index in [-0.39, 0.29) is 10.8 Å². The second-order valence-electron chi connectivity index (χ2n) is 16.9. The molecule has 1 aliphatic carbocycles. The third-order valence-corrected chi connectivity index (χ3v) is 12.1. The summed E-state index contributed by atoms with van der Waals surface area (Å²) < 4.78 is 0. The van der Waals surface area contributed by atoms with Gasteiger partial charge in [0, 0.05) is 34.1 Å². The van der Waals surface area contributed by atoms with E-state index in [4.69, 9.17) is 0 Å². The Morgan fingerprint density at radius 3 is 1.09 bits per heavy atom. The molecule has 58 heavy (non-hydrogen) atoms. The minimum atomic E-state index is 0.138. The molecule has 0 aromatic heterocycles. The van der Waals surface area contributed by atoms with E-state index in [0.29, 0.717) is 0 Å². The molecule has 284 valence electrons.